The van der Waals surface area contributed by atoms with Gasteiger partial charge < -0.3 is 9.47 Å². The zero-order chi connectivity index (χ0) is 25.3. The summed E-state index contributed by atoms with van der Waals surface area (Å²) in [7, 11) is 3.11. The van der Waals surface area contributed by atoms with Crippen LogP contribution in [0.1, 0.15) is 48.1 Å². The summed E-state index contributed by atoms with van der Waals surface area (Å²) in [4.78, 5) is 31.0. The molecule has 6 heteroatoms. The van der Waals surface area contributed by atoms with Gasteiger partial charge in [-0.2, -0.15) is 0 Å². The van der Waals surface area contributed by atoms with Crippen molar-refractivity contribution in [3.8, 4) is 11.5 Å². The van der Waals surface area contributed by atoms with Crippen molar-refractivity contribution in [3.05, 3.63) is 82.9 Å². The predicted octanol–water partition coefficient (Wildman–Crippen LogP) is 5.57. The standard InChI is InChI=1S/C29H32N2O4/c1-18(2)21-8-10-22(11-9-21)28-29(33)30(25-16-23(34-5)12-14-26(25)35-6)17-27(32)31(28)24-13-7-19(3)15-20(24)4/h7-16,18,28H,17H2,1-6H3/t28-/m0/s1. The van der Waals surface area contributed by atoms with E-state index in [4.69, 9.17) is 9.47 Å². The van der Waals surface area contributed by atoms with Gasteiger partial charge in [-0.25, -0.2) is 0 Å². The lowest BCUT2D eigenvalue weighted by Crippen LogP contribution is -2.56. The Kier molecular flexibility index (Phi) is 6.83. The molecule has 0 aliphatic carbocycles. The van der Waals surface area contributed by atoms with Crippen LogP contribution in [0.3, 0.4) is 0 Å². The number of hydrogen-bond donors (Lipinski definition) is 0. The van der Waals surface area contributed by atoms with Crippen molar-refractivity contribution in [2.24, 2.45) is 0 Å². The number of carbonyl (C=O) groups is 2. The number of methoxy groups -OCH3 is 2. The third-order valence-electron chi connectivity index (χ3n) is 6.53. The zero-order valence-corrected chi connectivity index (χ0v) is 21.2. The lowest BCUT2D eigenvalue weighted by atomic mass is 9.95. The van der Waals surface area contributed by atoms with E-state index >= 15 is 0 Å². The maximum Gasteiger partial charge on any atom is 0.255 e. The number of benzene rings is 3. The third kappa shape index (κ3) is 4.61. The number of carbonyl (C=O) groups excluding carboxylic acids is 2. The van der Waals surface area contributed by atoms with Crippen LogP contribution >= 0.6 is 0 Å². The normalized spacial score (nSPS) is 16.1. The summed E-state index contributed by atoms with van der Waals surface area (Å²) in [6.07, 6.45) is 0. The molecule has 3 aromatic rings. The Hall–Kier alpha value is -3.80. The molecule has 1 heterocycles. The minimum absolute atomic E-state index is 0.101. The smallest absolute Gasteiger partial charge is 0.255 e. The van der Waals surface area contributed by atoms with Gasteiger partial charge in [0, 0.05) is 11.8 Å². The number of piperazine rings is 1. The lowest BCUT2D eigenvalue weighted by molar-refractivity contribution is -0.128. The molecule has 1 atom stereocenters. The molecule has 0 N–H and O–H groups in total. The highest BCUT2D eigenvalue weighted by molar-refractivity contribution is 6.15. The summed E-state index contributed by atoms with van der Waals surface area (Å²) in [5, 5.41) is 0. The van der Waals surface area contributed by atoms with Crippen LogP contribution in [0.4, 0.5) is 11.4 Å². The molecule has 1 saturated heterocycles. The van der Waals surface area contributed by atoms with Crippen molar-refractivity contribution in [2.45, 2.75) is 39.7 Å². The van der Waals surface area contributed by atoms with E-state index in [9.17, 15) is 9.59 Å². The second-order valence-electron chi connectivity index (χ2n) is 9.24. The van der Waals surface area contributed by atoms with Gasteiger partial charge in [0.15, 0.2) is 0 Å². The van der Waals surface area contributed by atoms with Crippen LogP contribution < -0.4 is 19.3 Å². The molecule has 1 aliphatic rings. The van der Waals surface area contributed by atoms with Crippen LogP contribution in [0.2, 0.25) is 0 Å². The number of rotatable bonds is 6. The Labute approximate surface area is 207 Å². The summed E-state index contributed by atoms with van der Waals surface area (Å²) >= 11 is 0. The van der Waals surface area contributed by atoms with Crippen molar-refractivity contribution in [1.29, 1.82) is 0 Å². The molecule has 35 heavy (non-hydrogen) atoms. The largest absolute Gasteiger partial charge is 0.497 e. The summed E-state index contributed by atoms with van der Waals surface area (Å²) in [6.45, 7) is 8.14. The van der Waals surface area contributed by atoms with Crippen molar-refractivity contribution in [2.75, 3.05) is 30.6 Å². The molecule has 6 nitrogen and oxygen atoms in total. The first-order valence-electron chi connectivity index (χ1n) is 11.8. The maximum absolute atomic E-state index is 14.2. The minimum atomic E-state index is -0.810. The fourth-order valence-corrected chi connectivity index (χ4v) is 4.61. The zero-order valence-electron chi connectivity index (χ0n) is 21.2. The molecule has 182 valence electrons. The molecule has 2 amide bonds. The average molecular weight is 473 g/mol. The van der Waals surface area contributed by atoms with Crippen LogP contribution in [-0.4, -0.2) is 32.6 Å². The molecule has 3 aromatic carbocycles. The third-order valence-corrected chi connectivity index (χ3v) is 6.53. The number of nitrogens with zero attached hydrogens (tertiary/aromatic N) is 2. The highest BCUT2D eigenvalue weighted by Gasteiger charge is 2.43. The van der Waals surface area contributed by atoms with Crippen LogP contribution in [0.25, 0.3) is 0 Å². The summed E-state index contributed by atoms with van der Waals surface area (Å²) in [5.41, 5.74) is 5.23. The van der Waals surface area contributed by atoms with Gasteiger partial charge in [-0.1, -0.05) is 55.8 Å². The molecule has 0 aromatic heterocycles. The van der Waals surface area contributed by atoms with E-state index in [0.29, 0.717) is 23.1 Å². The van der Waals surface area contributed by atoms with E-state index in [1.807, 2.05) is 56.3 Å². The van der Waals surface area contributed by atoms with Gasteiger partial charge in [-0.05, 0) is 54.7 Å². The van der Waals surface area contributed by atoms with Crippen LogP contribution in [0.15, 0.2) is 60.7 Å². The number of aryl methyl sites for hydroxylation is 2. The Morgan fingerprint density at radius 2 is 1.57 bits per heavy atom. The molecule has 4 rings (SSSR count). The fourth-order valence-electron chi connectivity index (χ4n) is 4.61. The van der Waals surface area contributed by atoms with Gasteiger partial charge in [0.25, 0.3) is 5.91 Å². The van der Waals surface area contributed by atoms with Crippen LogP contribution in [0.5, 0.6) is 11.5 Å². The summed E-state index contributed by atoms with van der Waals surface area (Å²) in [5.74, 6) is 1.07. The maximum atomic E-state index is 14.2. The molecule has 0 unspecified atom stereocenters. The van der Waals surface area contributed by atoms with Gasteiger partial charge in [0.05, 0.1) is 19.9 Å². The van der Waals surface area contributed by atoms with Crippen molar-refractivity contribution < 1.29 is 19.1 Å². The van der Waals surface area contributed by atoms with E-state index in [1.54, 1.807) is 37.3 Å². The first kappa shape index (κ1) is 24.3. The predicted molar refractivity (Wildman–Crippen MR) is 139 cm³/mol. The van der Waals surface area contributed by atoms with Gasteiger partial charge in [-0.3, -0.25) is 19.4 Å². The van der Waals surface area contributed by atoms with Gasteiger partial charge in [-0.15, -0.1) is 0 Å². The Bertz CT molecular complexity index is 1250. The quantitative estimate of drug-likeness (QED) is 0.471. The van der Waals surface area contributed by atoms with Gasteiger partial charge in [0.2, 0.25) is 5.91 Å². The minimum Gasteiger partial charge on any atom is -0.497 e. The molecule has 0 saturated carbocycles. The number of anilines is 2. The van der Waals surface area contributed by atoms with Gasteiger partial charge in [0.1, 0.15) is 24.1 Å². The Morgan fingerprint density at radius 3 is 2.17 bits per heavy atom. The highest BCUT2D eigenvalue weighted by Crippen LogP contribution is 2.40. The molecule has 1 fully saturated rings. The Morgan fingerprint density at radius 1 is 0.857 bits per heavy atom. The lowest BCUT2D eigenvalue weighted by Gasteiger charge is -2.41. The number of hydrogen-bond acceptors (Lipinski definition) is 4. The van der Waals surface area contributed by atoms with E-state index in [2.05, 4.69) is 13.8 Å². The summed E-state index contributed by atoms with van der Waals surface area (Å²) < 4.78 is 10.9. The van der Waals surface area contributed by atoms with E-state index in [0.717, 1.165) is 22.4 Å². The van der Waals surface area contributed by atoms with E-state index in [-0.39, 0.29) is 18.4 Å². The first-order valence-corrected chi connectivity index (χ1v) is 11.8. The molecular formula is C29H32N2O4. The fraction of sp³-hybridized carbons (Fsp3) is 0.310. The first-order chi connectivity index (χ1) is 16.7. The van der Waals surface area contributed by atoms with Crippen molar-refractivity contribution in [1.82, 2.24) is 0 Å². The molecule has 0 spiro atoms. The second kappa shape index (κ2) is 9.82. The molecule has 1 aliphatic heterocycles. The van der Waals surface area contributed by atoms with Crippen molar-refractivity contribution >= 4 is 23.2 Å². The van der Waals surface area contributed by atoms with Crippen LogP contribution in [-0.2, 0) is 9.59 Å². The highest BCUT2D eigenvalue weighted by atomic mass is 16.5. The van der Waals surface area contributed by atoms with Crippen molar-refractivity contribution in [3.63, 3.8) is 0 Å². The average Bonchev–Trinajstić information content (AvgIpc) is 2.85. The Balaban J connectivity index is 1.86. The van der Waals surface area contributed by atoms with Gasteiger partial charge >= 0.3 is 0 Å². The monoisotopic (exact) mass is 472 g/mol. The topological polar surface area (TPSA) is 59.1 Å². The molecule has 0 bridgehead atoms. The number of amides is 2. The van der Waals surface area contributed by atoms with E-state index in [1.165, 1.54) is 10.5 Å². The van der Waals surface area contributed by atoms with E-state index < -0.39 is 6.04 Å². The SMILES string of the molecule is COc1ccc(OC)c(N2CC(=O)N(c3ccc(C)cc3C)[C@@H](c3ccc(C(C)C)cc3)C2=O)c1. The van der Waals surface area contributed by atoms with Crippen LogP contribution in [0, 0.1) is 13.8 Å². The number of ether oxygens (including phenoxy) is 2. The summed E-state index contributed by atoms with van der Waals surface area (Å²) in [6, 6.07) is 18.3. The second-order valence-corrected chi connectivity index (χ2v) is 9.24. The molecule has 0 radical (unpaired) electrons. The molecular weight excluding hydrogens is 440 g/mol.